The molecule has 0 aliphatic rings. The number of rotatable bonds is 2. The van der Waals surface area contributed by atoms with Crippen molar-refractivity contribution in [2.24, 2.45) is 0 Å². The van der Waals surface area contributed by atoms with Crippen LogP contribution in [0.4, 0.5) is 5.69 Å². The molecule has 2 N–H and O–H groups in total. The van der Waals surface area contributed by atoms with Crippen molar-refractivity contribution >= 4 is 16.7 Å². The van der Waals surface area contributed by atoms with Crippen LogP contribution in [0.5, 0.6) is 0 Å². The van der Waals surface area contributed by atoms with Crippen LogP contribution in [0.25, 0.3) is 11.0 Å². The number of nitrogens with zero attached hydrogens (tertiary/aromatic N) is 2. The van der Waals surface area contributed by atoms with E-state index in [1.54, 1.807) is 0 Å². The topological polar surface area (TPSA) is 43.8 Å². The van der Waals surface area contributed by atoms with Crippen molar-refractivity contribution in [3.63, 3.8) is 0 Å². The Hall–Kier alpha value is -1.51. The summed E-state index contributed by atoms with van der Waals surface area (Å²) in [6, 6.07) is 6.32. The molecule has 0 fully saturated rings. The van der Waals surface area contributed by atoms with Crippen LogP contribution in [-0.4, -0.2) is 9.55 Å². The van der Waals surface area contributed by atoms with Crippen LogP contribution in [0.2, 0.25) is 0 Å². The minimum Gasteiger partial charge on any atom is -0.399 e. The highest BCUT2D eigenvalue weighted by Gasteiger charge is 2.15. The Bertz CT molecular complexity index is 509. The summed E-state index contributed by atoms with van der Waals surface area (Å²) in [7, 11) is 0. The standard InChI is InChI=1S/C13H19N3/c1-8(2)13-15-11-6-5-10(14)7-12(11)16(13)9(3)4/h5-9H,14H2,1-4H3. The van der Waals surface area contributed by atoms with Gasteiger partial charge in [0.1, 0.15) is 5.82 Å². The van der Waals surface area contributed by atoms with Crippen molar-refractivity contribution in [3.8, 4) is 0 Å². The van der Waals surface area contributed by atoms with Crippen LogP contribution in [0, 0.1) is 0 Å². The molecule has 2 aromatic rings. The van der Waals surface area contributed by atoms with Gasteiger partial charge in [-0.25, -0.2) is 4.98 Å². The summed E-state index contributed by atoms with van der Waals surface area (Å²) in [5.41, 5.74) is 8.80. The van der Waals surface area contributed by atoms with Crippen LogP contribution in [0.1, 0.15) is 45.5 Å². The van der Waals surface area contributed by atoms with E-state index in [1.165, 1.54) is 0 Å². The molecule has 0 saturated carbocycles. The number of nitrogen functional groups attached to an aromatic ring is 1. The van der Waals surface area contributed by atoms with Gasteiger partial charge in [0.15, 0.2) is 0 Å². The van der Waals surface area contributed by atoms with Crippen LogP contribution in [0.15, 0.2) is 18.2 Å². The van der Waals surface area contributed by atoms with Crippen LogP contribution >= 0.6 is 0 Å². The SMILES string of the molecule is CC(C)c1nc2ccc(N)cc2n1C(C)C. The average molecular weight is 217 g/mol. The number of aromatic nitrogens is 2. The highest BCUT2D eigenvalue weighted by molar-refractivity contribution is 5.80. The summed E-state index contributed by atoms with van der Waals surface area (Å²) >= 11 is 0. The Kier molecular flexibility index (Phi) is 2.62. The Morgan fingerprint density at radius 3 is 2.44 bits per heavy atom. The zero-order chi connectivity index (χ0) is 11.9. The van der Waals surface area contributed by atoms with Crippen molar-refractivity contribution in [1.29, 1.82) is 0 Å². The third-order valence-electron chi connectivity index (χ3n) is 2.77. The number of benzene rings is 1. The predicted octanol–water partition coefficient (Wildman–Crippen LogP) is 3.32. The summed E-state index contributed by atoms with van der Waals surface area (Å²) in [4.78, 5) is 4.68. The van der Waals surface area contributed by atoms with Gasteiger partial charge in [0.25, 0.3) is 0 Å². The zero-order valence-corrected chi connectivity index (χ0v) is 10.4. The van der Waals surface area contributed by atoms with Gasteiger partial charge in [0, 0.05) is 17.6 Å². The summed E-state index contributed by atoms with van der Waals surface area (Å²) in [6.07, 6.45) is 0. The van der Waals surface area contributed by atoms with E-state index in [-0.39, 0.29) is 0 Å². The monoisotopic (exact) mass is 217 g/mol. The molecule has 0 aliphatic heterocycles. The minimum absolute atomic E-state index is 0.407. The molecule has 0 spiro atoms. The van der Waals surface area contributed by atoms with Gasteiger partial charge in [0.05, 0.1) is 11.0 Å². The molecular weight excluding hydrogens is 198 g/mol. The zero-order valence-electron chi connectivity index (χ0n) is 10.4. The smallest absolute Gasteiger partial charge is 0.112 e. The highest BCUT2D eigenvalue weighted by atomic mass is 15.1. The molecule has 0 saturated heterocycles. The molecule has 3 nitrogen and oxygen atoms in total. The lowest BCUT2D eigenvalue weighted by Gasteiger charge is -2.15. The molecule has 1 aromatic carbocycles. The quantitative estimate of drug-likeness (QED) is 0.784. The second-order valence-electron chi connectivity index (χ2n) is 4.84. The lowest BCUT2D eigenvalue weighted by atomic mass is 10.2. The second-order valence-corrected chi connectivity index (χ2v) is 4.84. The number of imidazole rings is 1. The van der Waals surface area contributed by atoms with Crippen molar-refractivity contribution in [3.05, 3.63) is 24.0 Å². The maximum atomic E-state index is 5.84. The Labute approximate surface area is 96.3 Å². The fraction of sp³-hybridized carbons (Fsp3) is 0.462. The molecule has 86 valence electrons. The van der Waals surface area contributed by atoms with E-state index in [1.807, 2.05) is 18.2 Å². The third-order valence-corrected chi connectivity index (χ3v) is 2.77. The number of hydrogen-bond acceptors (Lipinski definition) is 2. The molecule has 0 amide bonds. The number of fused-ring (bicyclic) bond motifs is 1. The average Bonchev–Trinajstić information content (AvgIpc) is 2.55. The van der Waals surface area contributed by atoms with Gasteiger partial charge in [-0.2, -0.15) is 0 Å². The lowest BCUT2D eigenvalue weighted by Crippen LogP contribution is -2.07. The molecule has 1 aromatic heterocycles. The van der Waals surface area contributed by atoms with E-state index < -0.39 is 0 Å². The van der Waals surface area contributed by atoms with E-state index in [4.69, 9.17) is 5.73 Å². The van der Waals surface area contributed by atoms with Gasteiger partial charge < -0.3 is 10.3 Å². The first kappa shape index (κ1) is 11.0. The van der Waals surface area contributed by atoms with Crippen molar-refractivity contribution in [2.45, 2.75) is 39.7 Å². The first-order valence-electron chi connectivity index (χ1n) is 5.78. The molecular formula is C13H19N3. The highest BCUT2D eigenvalue weighted by Crippen LogP contribution is 2.26. The second kappa shape index (κ2) is 3.81. The molecule has 0 aliphatic carbocycles. The van der Waals surface area contributed by atoms with Gasteiger partial charge in [-0.15, -0.1) is 0 Å². The predicted molar refractivity (Wildman–Crippen MR) is 68.6 cm³/mol. The molecule has 1 heterocycles. The van der Waals surface area contributed by atoms with Crippen molar-refractivity contribution in [2.75, 3.05) is 5.73 Å². The lowest BCUT2D eigenvalue weighted by molar-refractivity contribution is 0.564. The van der Waals surface area contributed by atoms with Crippen LogP contribution < -0.4 is 5.73 Å². The van der Waals surface area contributed by atoms with Gasteiger partial charge in [-0.3, -0.25) is 0 Å². The van der Waals surface area contributed by atoms with Gasteiger partial charge in [0.2, 0.25) is 0 Å². The Morgan fingerprint density at radius 1 is 1.19 bits per heavy atom. The minimum atomic E-state index is 0.407. The summed E-state index contributed by atoms with van der Waals surface area (Å²) in [6.45, 7) is 8.69. The molecule has 0 radical (unpaired) electrons. The largest absolute Gasteiger partial charge is 0.399 e. The summed E-state index contributed by atoms with van der Waals surface area (Å²) in [5, 5.41) is 0. The van der Waals surface area contributed by atoms with Crippen LogP contribution in [-0.2, 0) is 0 Å². The van der Waals surface area contributed by atoms with Gasteiger partial charge in [-0.05, 0) is 32.0 Å². The Balaban J connectivity index is 2.77. The summed E-state index contributed by atoms with van der Waals surface area (Å²) in [5.74, 6) is 1.56. The number of hydrogen-bond donors (Lipinski definition) is 1. The molecule has 0 unspecified atom stereocenters. The van der Waals surface area contributed by atoms with Crippen molar-refractivity contribution < 1.29 is 0 Å². The molecule has 16 heavy (non-hydrogen) atoms. The maximum Gasteiger partial charge on any atom is 0.112 e. The molecule has 3 heteroatoms. The van der Waals surface area contributed by atoms with E-state index in [0.717, 1.165) is 22.5 Å². The van der Waals surface area contributed by atoms with E-state index >= 15 is 0 Å². The Morgan fingerprint density at radius 2 is 1.88 bits per heavy atom. The van der Waals surface area contributed by atoms with E-state index in [9.17, 15) is 0 Å². The molecule has 0 atom stereocenters. The fourth-order valence-electron chi connectivity index (χ4n) is 2.08. The van der Waals surface area contributed by atoms with Gasteiger partial charge in [-0.1, -0.05) is 13.8 Å². The number of nitrogens with two attached hydrogens (primary N) is 1. The first-order chi connectivity index (χ1) is 7.50. The fourth-order valence-corrected chi connectivity index (χ4v) is 2.08. The van der Waals surface area contributed by atoms with E-state index in [0.29, 0.717) is 12.0 Å². The third kappa shape index (κ3) is 1.66. The first-order valence-corrected chi connectivity index (χ1v) is 5.78. The molecule has 0 bridgehead atoms. The van der Waals surface area contributed by atoms with Gasteiger partial charge >= 0.3 is 0 Å². The molecule has 2 rings (SSSR count). The maximum absolute atomic E-state index is 5.84. The van der Waals surface area contributed by atoms with Crippen LogP contribution in [0.3, 0.4) is 0 Å². The van der Waals surface area contributed by atoms with E-state index in [2.05, 4.69) is 37.2 Å². The summed E-state index contributed by atoms with van der Waals surface area (Å²) < 4.78 is 2.27. The normalized spacial score (nSPS) is 11.9. The van der Waals surface area contributed by atoms with Crippen molar-refractivity contribution in [1.82, 2.24) is 9.55 Å². The number of anilines is 1.